The molecule has 0 amide bonds. The van der Waals surface area contributed by atoms with E-state index in [0.717, 1.165) is 83.6 Å². The van der Waals surface area contributed by atoms with E-state index in [9.17, 15) is 0 Å². The molecule has 1 aromatic heterocycles. The minimum atomic E-state index is -0.555. The maximum absolute atomic E-state index is 7.16. The second kappa shape index (κ2) is 14.3. The molecule has 8 aromatic carbocycles. The number of allylic oxidation sites excluding steroid dienone is 2. The number of amidine groups is 2. The van der Waals surface area contributed by atoms with Crippen molar-refractivity contribution in [1.82, 2.24) is 4.98 Å². The molecule has 0 bridgehead atoms. The lowest BCUT2D eigenvalue weighted by Gasteiger charge is -2.40. The molecule has 0 unspecified atom stereocenters. The molecule has 9 aromatic rings. The standard InChI is InChI=1S/C57H38N4O/c58-56(61-34-13-12-27-52(61)59-36-37-15-2-1-3-16-37)39-30-28-38(29-31-39)40-17-14-18-41(35-40)54-45-32-33-49-55(53(45)44-21-6-10-25-50(44)60-54)62-51-26-11-9-24-48(51)57(49)46-22-7-4-19-42(46)43-20-5-8-23-47(43)57/h1-35,58H,36H2/p+1. The zero-order valence-electron chi connectivity index (χ0n) is 33.7. The molecular formula is C57H39N4O+. The van der Waals surface area contributed by atoms with Crippen LogP contribution in [0.2, 0.25) is 0 Å². The highest BCUT2D eigenvalue weighted by Gasteiger charge is 2.51. The van der Waals surface area contributed by atoms with Gasteiger partial charge in [0.2, 0.25) is 5.84 Å². The quantitative estimate of drug-likeness (QED) is 0.107. The third kappa shape index (κ3) is 5.45. The Labute approximate surface area is 359 Å². The van der Waals surface area contributed by atoms with E-state index in [0.29, 0.717) is 12.4 Å². The summed E-state index contributed by atoms with van der Waals surface area (Å²) in [5.74, 6) is 3.16. The van der Waals surface area contributed by atoms with Crippen LogP contribution in [0.15, 0.2) is 217 Å². The number of rotatable bonds is 5. The molecule has 3 heterocycles. The third-order valence-electron chi connectivity index (χ3n) is 12.7. The van der Waals surface area contributed by atoms with Crippen LogP contribution in [0.25, 0.3) is 55.2 Å². The number of para-hydroxylation sites is 2. The monoisotopic (exact) mass is 795 g/mol. The maximum atomic E-state index is 7.16. The maximum Gasteiger partial charge on any atom is 0.261 e. The predicted octanol–water partition coefficient (Wildman–Crippen LogP) is 12.6. The average molecular weight is 796 g/mol. The number of benzene rings is 8. The third-order valence-corrected chi connectivity index (χ3v) is 12.7. The molecule has 5 nitrogen and oxygen atoms in total. The Morgan fingerprint density at radius 1 is 0.581 bits per heavy atom. The van der Waals surface area contributed by atoms with Crippen molar-refractivity contribution in [3.8, 4) is 45.0 Å². The number of nitrogens with two attached hydrogens (primary N) is 1. The van der Waals surface area contributed by atoms with Crippen molar-refractivity contribution < 1.29 is 9.31 Å². The zero-order chi connectivity index (χ0) is 41.2. The number of hydrogen-bond donors (Lipinski definition) is 1. The zero-order valence-corrected chi connectivity index (χ0v) is 33.7. The van der Waals surface area contributed by atoms with Gasteiger partial charge in [-0.15, -0.1) is 4.99 Å². The van der Waals surface area contributed by atoms with E-state index < -0.39 is 5.41 Å². The molecule has 1 aliphatic carbocycles. The Morgan fingerprint density at radius 2 is 1.27 bits per heavy atom. The first-order valence-corrected chi connectivity index (χ1v) is 21.1. The van der Waals surface area contributed by atoms with Crippen LogP contribution in [0.1, 0.15) is 33.4 Å². The normalized spacial score (nSPS) is 15.6. The van der Waals surface area contributed by atoms with E-state index >= 15 is 0 Å². The first-order chi connectivity index (χ1) is 30.7. The van der Waals surface area contributed by atoms with Gasteiger partial charge in [0.25, 0.3) is 5.84 Å². The molecule has 5 heteroatoms. The van der Waals surface area contributed by atoms with Gasteiger partial charge in [-0.25, -0.2) is 9.56 Å². The number of aromatic nitrogens is 1. The first-order valence-electron chi connectivity index (χ1n) is 21.1. The SMILES string of the molecule is NC(c1ccc(-c2cccc(-c3nc4ccccc4c4c5c(ccc34)C3(c4ccccc4O5)c4ccccc4-c4ccccc43)c2)cc1)=[N+]1C=CC=CC1=NCc1ccccc1. The van der Waals surface area contributed by atoms with Crippen molar-refractivity contribution in [3.63, 3.8) is 0 Å². The summed E-state index contributed by atoms with van der Waals surface area (Å²) < 4.78 is 9.10. The number of pyridine rings is 1. The summed E-state index contributed by atoms with van der Waals surface area (Å²) in [4.78, 5) is 10.3. The lowest BCUT2D eigenvalue weighted by Crippen LogP contribution is -2.32. The summed E-state index contributed by atoms with van der Waals surface area (Å²) in [7, 11) is 0. The molecule has 0 radical (unpaired) electrons. The van der Waals surface area contributed by atoms with Gasteiger partial charge in [-0.05, 0) is 75.4 Å². The summed E-state index contributed by atoms with van der Waals surface area (Å²) in [5.41, 5.74) is 20.7. The van der Waals surface area contributed by atoms with Gasteiger partial charge in [0.1, 0.15) is 18.0 Å². The molecule has 292 valence electrons. The fourth-order valence-corrected chi connectivity index (χ4v) is 9.91. The van der Waals surface area contributed by atoms with E-state index in [-0.39, 0.29) is 0 Å². The van der Waals surface area contributed by atoms with Crippen LogP contribution in [-0.4, -0.2) is 21.2 Å². The Bertz CT molecular complexity index is 3370. The molecule has 62 heavy (non-hydrogen) atoms. The smallest absolute Gasteiger partial charge is 0.261 e. The van der Waals surface area contributed by atoms with Gasteiger partial charge in [-0.3, -0.25) is 0 Å². The summed E-state index contributed by atoms with van der Waals surface area (Å²) in [6, 6.07) is 66.7. The largest absolute Gasteiger partial charge is 0.456 e. The fraction of sp³-hybridized carbons (Fsp3) is 0.0351. The van der Waals surface area contributed by atoms with E-state index in [1.54, 1.807) is 0 Å². The summed E-state index contributed by atoms with van der Waals surface area (Å²) >= 11 is 0. The van der Waals surface area contributed by atoms with Crippen LogP contribution >= 0.6 is 0 Å². The highest BCUT2D eigenvalue weighted by Crippen LogP contribution is 2.63. The van der Waals surface area contributed by atoms with E-state index in [4.69, 9.17) is 20.4 Å². The second-order valence-corrected chi connectivity index (χ2v) is 16.1. The molecule has 2 aliphatic heterocycles. The lowest BCUT2D eigenvalue weighted by molar-refractivity contribution is -0.324. The van der Waals surface area contributed by atoms with Crippen molar-refractivity contribution in [2.75, 3.05) is 0 Å². The number of fused-ring (bicyclic) bond motifs is 13. The summed E-state index contributed by atoms with van der Waals surface area (Å²) in [5, 5.41) is 3.16. The number of hydrogen-bond acceptors (Lipinski definition) is 3. The molecular weight excluding hydrogens is 757 g/mol. The van der Waals surface area contributed by atoms with E-state index in [1.165, 1.54) is 22.3 Å². The topological polar surface area (TPSA) is 63.5 Å². The Balaban J connectivity index is 0.981. The number of ether oxygens (including phenoxy) is 1. The van der Waals surface area contributed by atoms with Crippen LogP contribution in [0.4, 0.5) is 0 Å². The second-order valence-electron chi connectivity index (χ2n) is 16.1. The molecule has 2 N–H and O–H groups in total. The molecule has 3 aliphatic rings. The first kappa shape index (κ1) is 35.8. The Kier molecular flexibility index (Phi) is 8.22. The van der Waals surface area contributed by atoms with Gasteiger partial charge >= 0.3 is 0 Å². The van der Waals surface area contributed by atoms with Crippen LogP contribution in [0.5, 0.6) is 11.5 Å². The molecule has 1 spiro atoms. The van der Waals surface area contributed by atoms with Crippen molar-refractivity contribution in [2.24, 2.45) is 10.7 Å². The van der Waals surface area contributed by atoms with Gasteiger partial charge in [0.05, 0.1) is 22.8 Å². The number of aliphatic imine (C=N–C) groups is 1. The minimum Gasteiger partial charge on any atom is -0.456 e. The highest BCUT2D eigenvalue weighted by molar-refractivity contribution is 6.15. The van der Waals surface area contributed by atoms with Gasteiger partial charge in [0, 0.05) is 44.5 Å². The van der Waals surface area contributed by atoms with Crippen molar-refractivity contribution >= 4 is 33.3 Å². The molecule has 0 atom stereocenters. The van der Waals surface area contributed by atoms with Crippen LogP contribution in [0, 0.1) is 0 Å². The average Bonchev–Trinajstić information content (AvgIpc) is 3.63. The molecule has 0 saturated carbocycles. The van der Waals surface area contributed by atoms with Gasteiger partial charge < -0.3 is 10.5 Å². The summed E-state index contributed by atoms with van der Waals surface area (Å²) in [6.45, 7) is 0.571. The Morgan fingerprint density at radius 3 is 2.08 bits per heavy atom. The lowest BCUT2D eigenvalue weighted by atomic mass is 9.65. The van der Waals surface area contributed by atoms with Crippen LogP contribution in [-0.2, 0) is 12.0 Å². The van der Waals surface area contributed by atoms with Crippen LogP contribution < -0.4 is 10.5 Å². The van der Waals surface area contributed by atoms with Gasteiger partial charge in [-0.1, -0.05) is 164 Å². The summed E-state index contributed by atoms with van der Waals surface area (Å²) in [6.07, 6.45) is 7.92. The predicted molar refractivity (Wildman–Crippen MR) is 252 cm³/mol. The van der Waals surface area contributed by atoms with Crippen molar-refractivity contribution in [2.45, 2.75) is 12.0 Å². The Hall–Kier alpha value is -8.15. The van der Waals surface area contributed by atoms with Gasteiger partial charge in [0.15, 0.2) is 0 Å². The van der Waals surface area contributed by atoms with E-state index in [1.807, 2.05) is 47.2 Å². The van der Waals surface area contributed by atoms with Crippen molar-refractivity contribution in [3.05, 3.63) is 246 Å². The highest BCUT2D eigenvalue weighted by atomic mass is 16.5. The molecule has 0 saturated heterocycles. The molecule has 12 rings (SSSR count). The molecule has 0 fully saturated rings. The van der Waals surface area contributed by atoms with E-state index in [2.05, 4.69) is 170 Å². The minimum absolute atomic E-state index is 0.555. The van der Waals surface area contributed by atoms with Crippen LogP contribution in [0.3, 0.4) is 0 Å². The van der Waals surface area contributed by atoms with Crippen molar-refractivity contribution in [1.29, 1.82) is 0 Å². The fourth-order valence-electron chi connectivity index (χ4n) is 9.91. The number of nitrogens with zero attached hydrogens (tertiary/aromatic N) is 3. The van der Waals surface area contributed by atoms with Gasteiger partial charge in [-0.2, -0.15) is 0 Å².